The van der Waals surface area contributed by atoms with Crippen LogP contribution in [0.25, 0.3) is 0 Å². The van der Waals surface area contributed by atoms with Crippen LogP contribution in [0, 0.1) is 0 Å². The molecular formula is C18H25ClO. The molecule has 0 fully saturated rings. The largest absolute Gasteiger partial charge is 0.300 e. The number of ketones is 1. The number of hydrogen-bond acceptors (Lipinski definition) is 1. The first kappa shape index (κ1) is 17.0. The maximum Gasteiger partial charge on any atom is 0.132 e. The quantitative estimate of drug-likeness (QED) is 0.433. The average molecular weight is 293 g/mol. The lowest BCUT2D eigenvalue weighted by molar-refractivity contribution is -0.119. The lowest BCUT2D eigenvalue weighted by atomic mass is 9.96. The highest BCUT2D eigenvalue weighted by atomic mass is 35.5. The van der Waals surface area contributed by atoms with E-state index in [0.717, 1.165) is 44.1 Å². The zero-order valence-corrected chi connectivity index (χ0v) is 13.2. The number of alkyl halides is 1. The topological polar surface area (TPSA) is 17.1 Å². The van der Waals surface area contributed by atoms with E-state index in [2.05, 4.69) is 31.7 Å². The van der Waals surface area contributed by atoms with E-state index >= 15 is 0 Å². The van der Waals surface area contributed by atoms with Crippen molar-refractivity contribution in [1.29, 1.82) is 0 Å². The summed E-state index contributed by atoms with van der Waals surface area (Å²) >= 11 is 5.80. The molecule has 1 nitrogen and oxygen atoms in total. The highest BCUT2D eigenvalue weighted by molar-refractivity contribution is 6.19. The molecule has 0 radical (unpaired) electrons. The Balaban J connectivity index is 2.47. The van der Waals surface area contributed by atoms with Gasteiger partial charge in [-0.1, -0.05) is 49.8 Å². The van der Waals surface area contributed by atoms with E-state index < -0.39 is 0 Å². The second-order valence-electron chi connectivity index (χ2n) is 5.32. The Hall–Kier alpha value is -1.08. The summed E-state index contributed by atoms with van der Waals surface area (Å²) in [6.07, 6.45) is 6.28. The second-order valence-corrected chi connectivity index (χ2v) is 5.59. The van der Waals surface area contributed by atoms with Crippen LogP contribution in [0.4, 0.5) is 0 Å². The summed E-state index contributed by atoms with van der Waals surface area (Å²) in [5.74, 6) is 0.901. The highest BCUT2D eigenvalue weighted by Gasteiger charge is 2.05. The van der Waals surface area contributed by atoms with Crippen molar-refractivity contribution in [2.45, 2.75) is 51.9 Å². The SMILES string of the molecule is C=C(CCl)Cc1ccccc1CCCC(=O)CCCC. The third-order valence-corrected chi connectivity index (χ3v) is 3.84. The van der Waals surface area contributed by atoms with Crippen LogP contribution in [0.3, 0.4) is 0 Å². The number of allylic oxidation sites excluding steroid dienone is 1. The normalized spacial score (nSPS) is 10.5. The average Bonchev–Trinajstić information content (AvgIpc) is 2.46. The van der Waals surface area contributed by atoms with Gasteiger partial charge in [0.2, 0.25) is 0 Å². The van der Waals surface area contributed by atoms with Crippen molar-refractivity contribution in [1.82, 2.24) is 0 Å². The van der Waals surface area contributed by atoms with Crippen LogP contribution in [0.2, 0.25) is 0 Å². The maximum absolute atomic E-state index is 11.7. The van der Waals surface area contributed by atoms with Crippen molar-refractivity contribution in [3.8, 4) is 0 Å². The van der Waals surface area contributed by atoms with Gasteiger partial charge >= 0.3 is 0 Å². The fourth-order valence-corrected chi connectivity index (χ4v) is 2.36. The molecule has 0 heterocycles. The smallest absolute Gasteiger partial charge is 0.132 e. The number of carbonyl (C=O) groups excluding carboxylic acids is 1. The minimum atomic E-state index is 0.398. The summed E-state index contributed by atoms with van der Waals surface area (Å²) in [5, 5.41) is 0. The molecule has 1 rings (SSSR count). The molecule has 0 amide bonds. The Morgan fingerprint density at radius 3 is 2.45 bits per heavy atom. The number of benzene rings is 1. The van der Waals surface area contributed by atoms with Gasteiger partial charge in [-0.3, -0.25) is 4.79 Å². The monoisotopic (exact) mass is 292 g/mol. The fourth-order valence-electron chi connectivity index (χ4n) is 2.27. The number of halogens is 1. The minimum Gasteiger partial charge on any atom is -0.300 e. The number of aryl methyl sites for hydroxylation is 1. The first-order chi connectivity index (χ1) is 9.67. The molecule has 0 aromatic heterocycles. The molecular weight excluding hydrogens is 268 g/mol. The third kappa shape index (κ3) is 6.38. The van der Waals surface area contributed by atoms with E-state index in [1.54, 1.807) is 0 Å². The van der Waals surface area contributed by atoms with Gasteiger partial charge in [-0.25, -0.2) is 0 Å². The van der Waals surface area contributed by atoms with Crippen molar-refractivity contribution in [2.24, 2.45) is 0 Å². The standard InChI is InChI=1S/C18H25ClO/c1-3-4-11-18(20)12-7-10-16-8-5-6-9-17(16)13-15(2)14-19/h5-6,8-9H,2-4,7,10-14H2,1H3. The van der Waals surface area contributed by atoms with Crippen LogP contribution < -0.4 is 0 Å². The Morgan fingerprint density at radius 2 is 1.80 bits per heavy atom. The Bertz CT molecular complexity index is 437. The summed E-state index contributed by atoms with van der Waals surface area (Å²) in [4.78, 5) is 11.7. The molecule has 1 aromatic carbocycles. The summed E-state index contributed by atoms with van der Waals surface area (Å²) < 4.78 is 0. The molecule has 0 unspecified atom stereocenters. The molecule has 0 aliphatic heterocycles. The van der Waals surface area contributed by atoms with E-state index in [1.165, 1.54) is 11.1 Å². The summed E-state index contributed by atoms with van der Waals surface area (Å²) in [5.41, 5.74) is 3.65. The second kappa shape index (κ2) is 9.77. The minimum absolute atomic E-state index is 0.398. The van der Waals surface area contributed by atoms with Gasteiger partial charge < -0.3 is 0 Å². The number of rotatable bonds is 10. The zero-order chi connectivity index (χ0) is 14.8. The molecule has 0 atom stereocenters. The van der Waals surface area contributed by atoms with Gasteiger partial charge in [0.15, 0.2) is 0 Å². The fraction of sp³-hybridized carbons (Fsp3) is 0.500. The number of carbonyl (C=O) groups is 1. The van der Waals surface area contributed by atoms with Crippen LogP contribution in [-0.4, -0.2) is 11.7 Å². The lowest BCUT2D eigenvalue weighted by Crippen LogP contribution is -2.01. The molecule has 110 valence electrons. The molecule has 0 bridgehead atoms. The van der Waals surface area contributed by atoms with Crippen molar-refractivity contribution in [2.75, 3.05) is 5.88 Å². The summed E-state index contributed by atoms with van der Waals surface area (Å²) in [6, 6.07) is 8.38. The number of Topliss-reactive ketones (excluding diaryl/α,β-unsaturated/α-hetero) is 1. The van der Waals surface area contributed by atoms with Crippen LogP contribution in [0.5, 0.6) is 0 Å². The Morgan fingerprint density at radius 1 is 1.15 bits per heavy atom. The molecule has 0 aliphatic rings. The predicted octanol–water partition coefficient (Wildman–Crippen LogP) is 5.11. The van der Waals surface area contributed by atoms with E-state index in [9.17, 15) is 4.79 Å². The van der Waals surface area contributed by atoms with Gasteiger partial charge in [0.1, 0.15) is 5.78 Å². The molecule has 2 heteroatoms. The summed E-state index contributed by atoms with van der Waals surface area (Å²) in [7, 11) is 0. The van der Waals surface area contributed by atoms with Gasteiger partial charge in [0.05, 0.1) is 0 Å². The number of hydrogen-bond donors (Lipinski definition) is 0. The Labute approximate surface area is 128 Å². The summed E-state index contributed by atoms with van der Waals surface area (Å²) in [6.45, 7) is 6.08. The third-order valence-electron chi connectivity index (χ3n) is 3.46. The van der Waals surface area contributed by atoms with Crippen LogP contribution in [-0.2, 0) is 17.6 Å². The van der Waals surface area contributed by atoms with E-state index in [-0.39, 0.29) is 0 Å². The van der Waals surface area contributed by atoms with Gasteiger partial charge in [0.25, 0.3) is 0 Å². The maximum atomic E-state index is 11.7. The van der Waals surface area contributed by atoms with Gasteiger partial charge in [-0.15, -0.1) is 11.6 Å². The predicted molar refractivity (Wildman–Crippen MR) is 87.5 cm³/mol. The Kier molecular flexibility index (Phi) is 8.29. The van der Waals surface area contributed by atoms with Gasteiger partial charge in [-0.2, -0.15) is 0 Å². The first-order valence-corrected chi connectivity index (χ1v) is 8.02. The van der Waals surface area contributed by atoms with Crippen molar-refractivity contribution in [3.05, 3.63) is 47.5 Å². The zero-order valence-electron chi connectivity index (χ0n) is 12.5. The van der Waals surface area contributed by atoms with E-state index in [1.807, 2.05) is 6.07 Å². The highest BCUT2D eigenvalue weighted by Crippen LogP contribution is 2.16. The molecule has 20 heavy (non-hydrogen) atoms. The molecule has 0 saturated carbocycles. The molecule has 0 N–H and O–H groups in total. The molecule has 0 aliphatic carbocycles. The van der Waals surface area contributed by atoms with Crippen molar-refractivity contribution < 1.29 is 4.79 Å². The van der Waals surface area contributed by atoms with E-state index in [4.69, 9.17) is 11.6 Å². The lowest BCUT2D eigenvalue weighted by Gasteiger charge is -2.10. The molecule has 0 saturated heterocycles. The molecule has 0 spiro atoms. The first-order valence-electron chi connectivity index (χ1n) is 7.48. The van der Waals surface area contributed by atoms with E-state index in [0.29, 0.717) is 18.1 Å². The van der Waals surface area contributed by atoms with Gasteiger partial charge in [-0.05, 0) is 36.8 Å². The van der Waals surface area contributed by atoms with Crippen LogP contribution >= 0.6 is 11.6 Å². The number of unbranched alkanes of at least 4 members (excludes halogenated alkanes) is 1. The van der Waals surface area contributed by atoms with Gasteiger partial charge in [0, 0.05) is 18.7 Å². The van der Waals surface area contributed by atoms with Crippen molar-refractivity contribution in [3.63, 3.8) is 0 Å². The van der Waals surface area contributed by atoms with Crippen LogP contribution in [0.15, 0.2) is 36.4 Å². The molecule has 1 aromatic rings. The van der Waals surface area contributed by atoms with Crippen molar-refractivity contribution >= 4 is 17.4 Å². The van der Waals surface area contributed by atoms with Crippen LogP contribution in [0.1, 0.15) is 50.2 Å².